The second-order valence-corrected chi connectivity index (χ2v) is 8.16. The summed E-state index contributed by atoms with van der Waals surface area (Å²) < 4.78 is 19.5. The first-order valence-electron chi connectivity index (χ1n) is 8.30. The summed E-state index contributed by atoms with van der Waals surface area (Å²) in [6.07, 6.45) is 1.43. The Balaban J connectivity index is 1.57. The molecular weight excluding hydrogens is 447 g/mol. The molecule has 0 aliphatic heterocycles. The van der Waals surface area contributed by atoms with Crippen molar-refractivity contribution in [1.82, 2.24) is 0 Å². The van der Waals surface area contributed by atoms with E-state index in [0.29, 0.717) is 10.2 Å². The summed E-state index contributed by atoms with van der Waals surface area (Å²) >= 11 is 4.51. The van der Waals surface area contributed by atoms with E-state index in [1.807, 2.05) is 0 Å². The van der Waals surface area contributed by atoms with Crippen LogP contribution in [0.4, 0.5) is 15.8 Å². The molecule has 1 unspecified atom stereocenters. The van der Waals surface area contributed by atoms with E-state index in [4.69, 9.17) is 4.42 Å². The van der Waals surface area contributed by atoms with Crippen molar-refractivity contribution in [3.05, 3.63) is 76.9 Å². The van der Waals surface area contributed by atoms with E-state index in [0.717, 1.165) is 4.90 Å². The maximum atomic E-state index is 13.9. The van der Waals surface area contributed by atoms with Crippen molar-refractivity contribution < 1.29 is 18.4 Å². The Morgan fingerprint density at radius 3 is 2.50 bits per heavy atom. The van der Waals surface area contributed by atoms with Crippen LogP contribution in [-0.2, 0) is 4.79 Å². The molecule has 0 saturated carbocycles. The van der Waals surface area contributed by atoms with E-state index in [-0.39, 0.29) is 23.3 Å². The van der Waals surface area contributed by atoms with E-state index < -0.39 is 11.1 Å². The fourth-order valence-electron chi connectivity index (χ4n) is 2.30. The van der Waals surface area contributed by atoms with Crippen molar-refractivity contribution >= 4 is 50.9 Å². The molecule has 3 rings (SSSR count). The third-order valence-corrected chi connectivity index (χ3v) is 5.33. The second-order valence-electron chi connectivity index (χ2n) is 5.83. The number of nitrogens with one attached hydrogen (secondary N) is 2. The topological polar surface area (TPSA) is 71.3 Å². The fraction of sp³-hybridized carbons (Fsp3) is 0.100. The molecule has 0 fully saturated rings. The van der Waals surface area contributed by atoms with Crippen LogP contribution in [0.15, 0.2) is 74.6 Å². The molecule has 0 saturated heterocycles. The van der Waals surface area contributed by atoms with E-state index in [1.54, 1.807) is 49.4 Å². The van der Waals surface area contributed by atoms with Crippen LogP contribution in [0.25, 0.3) is 0 Å². The van der Waals surface area contributed by atoms with E-state index in [1.165, 1.54) is 30.2 Å². The smallest absolute Gasteiger partial charge is 0.291 e. The maximum Gasteiger partial charge on any atom is 0.291 e. The summed E-state index contributed by atoms with van der Waals surface area (Å²) in [4.78, 5) is 25.1. The Labute approximate surface area is 173 Å². The zero-order chi connectivity index (χ0) is 20.1. The molecular formula is C20H16BrFN2O3S. The van der Waals surface area contributed by atoms with Gasteiger partial charge in [-0.05, 0) is 61.5 Å². The minimum atomic E-state index is -0.503. The summed E-state index contributed by atoms with van der Waals surface area (Å²) in [6.45, 7) is 1.74. The standard InChI is InChI=1S/C20H16BrFN2O3S/c1-12(19(25)24-17-9-4-13(21)11-16(17)22)28-15-7-5-14(6-8-15)23-20(26)18-3-2-10-27-18/h2-12H,1H3,(H,23,26)(H,24,25). The van der Waals surface area contributed by atoms with Crippen LogP contribution in [0.1, 0.15) is 17.5 Å². The van der Waals surface area contributed by atoms with Crippen LogP contribution in [-0.4, -0.2) is 17.1 Å². The number of furan rings is 1. The lowest BCUT2D eigenvalue weighted by Gasteiger charge is -2.13. The van der Waals surface area contributed by atoms with Gasteiger partial charge in [-0.15, -0.1) is 11.8 Å². The molecule has 5 nitrogen and oxygen atoms in total. The molecule has 2 aromatic carbocycles. The van der Waals surface area contributed by atoms with Crippen LogP contribution in [0.2, 0.25) is 0 Å². The zero-order valence-corrected chi connectivity index (χ0v) is 17.1. The van der Waals surface area contributed by atoms with Crippen LogP contribution >= 0.6 is 27.7 Å². The van der Waals surface area contributed by atoms with Crippen LogP contribution < -0.4 is 10.6 Å². The number of benzene rings is 2. The lowest BCUT2D eigenvalue weighted by molar-refractivity contribution is -0.115. The molecule has 8 heteroatoms. The van der Waals surface area contributed by atoms with Crippen molar-refractivity contribution in [3.8, 4) is 0 Å². The SMILES string of the molecule is CC(Sc1ccc(NC(=O)c2ccco2)cc1)C(=O)Nc1ccc(Br)cc1F. The van der Waals surface area contributed by atoms with Crippen molar-refractivity contribution in [2.45, 2.75) is 17.1 Å². The minimum Gasteiger partial charge on any atom is -0.459 e. The summed E-state index contributed by atoms with van der Waals surface area (Å²) in [5, 5.41) is 4.87. The Bertz CT molecular complexity index is 978. The highest BCUT2D eigenvalue weighted by Gasteiger charge is 2.16. The first-order chi connectivity index (χ1) is 13.4. The van der Waals surface area contributed by atoms with Gasteiger partial charge in [0.1, 0.15) is 5.82 Å². The number of carbonyl (C=O) groups excluding carboxylic acids is 2. The molecule has 0 aliphatic rings. The van der Waals surface area contributed by atoms with Gasteiger partial charge in [0, 0.05) is 15.1 Å². The predicted molar refractivity (Wildman–Crippen MR) is 111 cm³/mol. The first kappa shape index (κ1) is 20.2. The Morgan fingerprint density at radius 1 is 1.11 bits per heavy atom. The van der Waals surface area contributed by atoms with Gasteiger partial charge >= 0.3 is 0 Å². The monoisotopic (exact) mass is 462 g/mol. The summed E-state index contributed by atoms with van der Waals surface area (Å²) in [5.74, 6) is -0.920. The largest absolute Gasteiger partial charge is 0.459 e. The van der Waals surface area contributed by atoms with E-state index >= 15 is 0 Å². The number of hydrogen-bond donors (Lipinski definition) is 2. The highest BCUT2D eigenvalue weighted by Crippen LogP contribution is 2.27. The van der Waals surface area contributed by atoms with Gasteiger partial charge in [-0.25, -0.2) is 4.39 Å². The van der Waals surface area contributed by atoms with E-state index in [9.17, 15) is 14.0 Å². The number of amides is 2. The van der Waals surface area contributed by atoms with Crippen LogP contribution in [0, 0.1) is 5.82 Å². The molecule has 2 amide bonds. The number of halogens is 2. The molecule has 28 heavy (non-hydrogen) atoms. The average Bonchev–Trinajstić information content (AvgIpc) is 3.20. The molecule has 1 atom stereocenters. The van der Waals surface area contributed by atoms with Crippen molar-refractivity contribution in [1.29, 1.82) is 0 Å². The maximum absolute atomic E-state index is 13.9. The van der Waals surface area contributed by atoms with Gasteiger partial charge in [-0.2, -0.15) is 0 Å². The highest BCUT2D eigenvalue weighted by molar-refractivity contribution is 9.10. The number of thioether (sulfide) groups is 1. The lowest BCUT2D eigenvalue weighted by Crippen LogP contribution is -2.22. The quantitative estimate of drug-likeness (QED) is 0.470. The Hall–Kier alpha value is -2.58. The number of carbonyl (C=O) groups is 2. The highest BCUT2D eigenvalue weighted by atomic mass is 79.9. The Morgan fingerprint density at radius 2 is 1.86 bits per heavy atom. The van der Waals surface area contributed by atoms with E-state index in [2.05, 4.69) is 26.6 Å². The molecule has 0 bridgehead atoms. The lowest BCUT2D eigenvalue weighted by atomic mass is 10.3. The molecule has 0 radical (unpaired) electrons. The molecule has 144 valence electrons. The summed E-state index contributed by atoms with van der Waals surface area (Å²) in [5.41, 5.74) is 0.747. The van der Waals surface area contributed by atoms with Gasteiger partial charge in [0.25, 0.3) is 5.91 Å². The van der Waals surface area contributed by atoms with Gasteiger partial charge in [0.05, 0.1) is 17.2 Å². The first-order valence-corrected chi connectivity index (χ1v) is 9.97. The van der Waals surface area contributed by atoms with Crippen LogP contribution in [0.3, 0.4) is 0 Å². The van der Waals surface area contributed by atoms with Crippen molar-refractivity contribution in [2.24, 2.45) is 0 Å². The van der Waals surface area contributed by atoms with Gasteiger partial charge in [0.15, 0.2) is 5.76 Å². The van der Waals surface area contributed by atoms with Gasteiger partial charge in [-0.1, -0.05) is 15.9 Å². The van der Waals surface area contributed by atoms with Crippen molar-refractivity contribution in [3.63, 3.8) is 0 Å². The van der Waals surface area contributed by atoms with Gasteiger partial charge in [-0.3, -0.25) is 9.59 Å². The van der Waals surface area contributed by atoms with Crippen LogP contribution in [0.5, 0.6) is 0 Å². The fourth-order valence-corrected chi connectivity index (χ4v) is 3.50. The van der Waals surface area contributed by atoms with Gasteiger partial charge < -0.3 is 15.1 Å². The Kier molecular flexibility index (Phi) is 6.53. The van der Waals surface area contributed by atoms with Gasteiger partial charge in [0.2, 0.25) is 5.91 Å². The second kappa shape index (κ2) is 9.07. The molecule has 1 heterocycles. The zero-order valence-electron chi connectivity index (χ0n) is 14.7. The number of anilines is 2. The number of rotatable bonds is 6. The third kappa shape index (κ3) is 5.24. The molecule has 3 aromatic rings. The minimum absolute atomic E-state index is 0.136. The molecule has 1 aromatic heterocycles. The number of hydrogen-bond acceptors (Lipinski definition) is 4. The summed E-state index contributed by atoms with van der Waals surface area (Å²) in [6, 6.07) is 14.7. The normalized spacial score (nSPS) is 11.7. The third-order valence-electron chi connectivity index (χ3n) is 3.73. The van der Waals surface area contributed by atoms with Crippen molar-refractivity contribution in [2.75, 3.05) is 10.6 Å². The average molecular weight is 463 g/mol. The predicted octanol–water partition coefficient (Wildman–Crippen LogP) is 5.55. The summed E-state index contributed by atoms with van der Waals surface area (Å²) in [7, 11) is 0. The molecule has 0 aliphatic carbocycles. The molecule has 0 spiro atoms. The molecule has 2 N–H and O–H groups in total.